The van der Waals surface area contributed by atoms with Crippen LogP contribution < -0.4 is 14.4 Å². The summed E-state index contributed by atoms with van der Waals surface area (Å²) >= 11 is 3.42. The number of halogens is 1. The molecule has 0 bridgehead atoms. The zero-order valence-corrected chi connectivity index (χ0v) is 16.5. The number of para-hydroxylation sites is 2. The molecule has 2 aromatic rings. The molecule has 1 aliphatic heterocycles. The summed E-state index contributed by atoms with van der Waals surface area (Å²) in [5, 5.41) is 0. The summed E-state index contributed by atoms with van der Waals surface area (Å²) in [5.74, 6) is 0.417. The van der Waals surface area contributed by atoms with Crippen molar-refractivity contribution in [2.45, 2.75) is 6.92 Å². The van der Waals surface area contributed by atoms with E-state index in [2.05, 4.69) is 15.9 Å². The quantitative estimate of drug-likeness (QED) is 0.532. The molecule has 0 radical (unpaired) electrons. The van der Waals surface area contributed by atoms with Gasteiger partial charge in [-0.25, -0.2) is 0 Å². The zero-order valence-electron chi connectivity index (χ0n) is 14.9. The Bertz CT molecular complexity index is 909. The van der Waals surface area contributed by atoms with Gasteiger partial charge in [0.25, 0.3) is 5.91 Å². The maximum Gasteiger partial charge on any atom is 0.326 e. The molecule has 0 atom stereocenters. The van der Waals surface area contributed by atoms with E-state index in [4.69, 9.17) is 14.2 Å². The number of nitrogens with zero attached hydrogens (tertiary/aromatic N) is 1. The third-order valence-corrected chi connectivity index (χ3v) is 4.52. The first-order valence-electron chi connectivity index (χ1n) is 8.33. The normalized spacial score (nSPS) is 14.6. The number of esters is 1. The Balaban J connectivity index is 1.96. The minimum absolute atomic E-state index is 0.120. The lowest BCUT2D eigenvalue weighted by molar-refractivity contribution is -0.142. The van der Waals surface area contributed by atoms with Crippen LogP contribution >= 0.6 is 15.9 Å². The summed E-state index contributed by atoms with van der Waals surface area (Å²) < 4.78 is 16.7. The number of ether oxygens (including phenoxy) is 3. The van der Waals surface area contributed by atoms with Gasteiger partial charge < -0.3 is 14.2 Å². The van der Waals surface area contributed by atoms with Crippen LogP contribution in [0.5, 0.6) is 11.5 Å². The van der Waals surface area contributed by atoms with E-state index < -0.39 is 11.9 Å². The van der Waals surface area contributed by atoms with Crippen molar-refractivity contribution in [3.8, 4) is 11.5 Å². The maximum atomic E-state index is 12.9. The van der Waals surface area contributed by atoms with Gasteiger partial charge >= 0.3 is 5.97 Å². The first kappa shape index (κ1) is 19.0. The number of carbonyl (C=O) groups excluding carboxylic acids is 2. The molecule has 6 nitrogen and oxygen atoms in total. The molecule has 2 aromatic carbocycles. The largest absolute Gasteiger partial charge is 0.496 e. The molecule has 27 heavy (non-hydrogen) atoms. The fourth-order valence-corrected chi connectivity index (χ4v) is 3.24. The average molecular weight is 432 g/mol. The van der Waals surface area contributed by atoms with Crippen LogP contribution in [0.4, 0.5) is 5.69 Å². The van der Waals surface area contributed by atoms with E-state index in [1.165, 1.54) is 4.90 Å². The fourth-order valence-electron chi connectivity index (χ4n) is 2.68. The highest BCUT2D eigenvalue weighted by molar-refractivity contribution is 9.10. The van der Waals surface area contributed by atoms with E-state index >= 15 is 0 Å². The first-order valence-corrected chi connectivity index (χ1v) is 9.12. The molecule has 0 aromatic heterocycles. The Morgan fingerprint density at radius 1 is 1.26 bits per heavy atom. The third kappa shape index (κ3) is 4.14. The van der Waals surface area contributed by atoms with Crippen molar-refractivity contribution >= 4 is 39.6 Å². The molecule has 3 rings (SSSR count). The molecule has 7 heteroatoms. The number of carbonyl (C=O) groups is 2. The van der Waals surface area contributed by atoms with Crippen molar-refractivity contribution in [3.05, 3.63) is 58.3 Å². The smallest absolute Gasteiger partial charge is 0.326 e. The summed E-state index contributed by atoms with van der Waals surface area (Å²) in [4.78, 5) is 26.2. The minimum atomic E-state index is -0.478. The Labute approximate surface area is 165 Å². The van der Waals surface area contributed by atoms with Crippen molar-refractivity contribution in [1.82, 2.24) is 0 Å². The van der Waals surface area contributed by atoms with Crippen molar-refractivity contribution in [2.24, 2.45) is 0 Å². The fraction of sp³-hybridized carbons (Fsp3) is 0.200. The molecule has 0 saturated carbocycles. The van der Waals surface area contributed by atoms with Crippen LogP contribution in [0.25, 0.3) is 6.08 Å². The van der Waals surface area contributed by atoms with E-state index in [1.807, 2.05) is 12.1 Å². The van der Waals surface area contributed by atoms with Crippen molar-refractivity contribution < 1.29 is 23.8 Å². The second-order valence-electron chi connectivity index (χ2n) is 5.67. The number of benzene rings is 2. The average Bonchev–Trinajstić information content (AvgIpc) is 2.65. The second-order valence-corrected chi connectivity index (χ2v) is 6.52. The highest BCUT2D eigenvalue weighted by Crippen LogP contribution is 2.36. The van der Waals surface area contributed by atoms with Gasteiger partial charge in [-0.2, -0.15) is 0 Å². The predicted molar refractivity (Wildman–Crippen MR) is 105 cm³/mol. The first-order chi connectivity index (χ1) is 13.0. The molecule has 0 aliphatic carbocycles. The van der Waals surface area contributed by atoms with Crippen LogP contribution in [0.15, 0.2) is 52.7 Å². The lowest BCUT2D eigenvalue weighted by Crippen LogP contribution is -2.41. The van der Waals surface area contributed by atoms with Crippen LogP contribution in [0.1, 0.15) is 12.5 Å². The van der Waals surface area contributed by atoms with Gasteiger partial charge in [-0.15, -0.1) is 0 Å². The van der Waals surface area contributed by atoms with Crippen molar-refractivity contribution in [1.29, 1.82) is 0 Å². The lowest BCUT2D eigenvalue weighted by Gasteiger charge is -2.29. The molecular formula is C20H18BrNO5. The number of hydrogen-bond acceptors (Lipinski definition) is 5. The van der Waals surface area contributed by atoms with Gasteiger partial charge in [0.1, 0.15) is 12.3 Å². The second kappa shape index (κ2) is 8.26. The van der Waals surface area contributed by atoms with Gasteiger partial charge in [-0.1, -0.05) is 18.2 Å². The van der Waals surface area contributed by atoms with Crippen LogP contribution in [0.3, 0.4) is 0 Å². The SMILES string of the molecule is CCOC(=O)CN1C(=O)/C(=C\c2ccc(OC)c(Br)c2)Oc2ccccc21. The molecule has 0 unspecified atom stereocenters. The molecule has 0 saturated heterocycles. The van der Waals surface area contributed by atoms with E-state index in [-0.39, 0.29) is 18.9 Å². The molecule has 1 aliphatic rings. The number of fused-ring (bicyclic) bond motifs is 1. The highest BCUT2D eigenvalue weighted by atomic mass is 79.9. The van der Waals surface area contributed by atoms with Crippen LogP contribution in [0, 0.1) is 0 Å². The Hall–Kier alpha value is -2.80. The monoisotopic (exact) mass is 431 g/mol. The van der Waals surface area contributed by atoms with Crippen LogP contribution in [0.2, 0.25) is 0 Å². The molecule has 1 amide bonds. The number of anilines is 1. The Morgan fingerprint density at radius 3 is 2.74 bits per heavy atom. The van der Waals surface area contributed by atoms with Crippen molar-refractivity contribution in [2.75, 3.05) is 25.2 Å². The van der Waals surface area contributed by atoms with E-state index in [0.29, 0.717) is 17.2 Å². The Morgan fingerprint density at radius 2 is 2.04 bits per heavy atom. The molecule has 0 N–H and O–H groups in total. The van der Waals surface area contributed by atoms with Gasteiger partial charge in [0.15, 0.2) is 11.5 Å². The summed E-state index contributed by atoms with van der Waals surface area (Å²) in [7, 11) is 1.58. The lowest BCUT2D eigenvalue weighted by atomic mass is 10.1. The number of methoxy groups -OCH3 is 1. The molecular weight excluding hydrogens is 414 g/mol. The minimum Gasteiger partial charge on any atom is -0.496 e. The standard InChI is InChI=1S/C20H18BrNO5/c1-3-26-19(23)12-22-15-6-4-5-7-17(15)27-18(20(22)24)11-13-8-9-16(25-2)14(21)10-13/h4-11H,3,12H2,1-2H3/b18-11+. The number of hydrogen-bond donors (Lipinski definition) is 0. The summed E-state index contributed by atoms with van der Waals surface area (Å²) in [6.45, 7) is 1.79. The van der Waals surface area contributed by atoms with Crippen molar-refractivity contribution in [3.63, 3.8) is 0 Å². The summed E-state index contributed by atoms with van der Waals surface area (Å²) in [6, 6.07) is 12.5. The topological polar surface area (TPSA) is 65.1 Å². The van der Waals surface area contributed by atoms with Gasteiger partial charge in [-0.3, -0.25) is 14.5 Å². The van der Waals surface area contributed by atoms with Gasteiger partial charge in [0.2, 0.25) is 0 Å². The van der Waals surface area contributed by atoms with Gasteiger partial charge in [0, 0.05) is 0 Å². The summed E-state index contributed by atoms with van der Waals surface area (Å²) in [6.07, 6.45) is 1.63. The maximum absolute atomic E-state index is 12.9. The highest BCUT2D eigenvalue weighted by Gasteiger charge is 2.31. The number of amides is 1. The molecule has 0 fully saturated rings. The Kier molecular flexibility index (Phi) is 5.81. The van der Waals surface area contributed by atoms with E-state index in [0.717, 1.165) is 10.0 Å². The molecule has 1 heterocycles. The zero-order chi connectivity index (χ0) is 19.4. The van der Waals surface area contributed by atoms with Gasteiger partial charge in [-0.05, 0) is 58.8 Å². The molecule has 0 spiro atoms. The van der Waals surface area contributed by atoms with Crippen LogP contribution in [-0.2, 0) is 14.3 Å². The van der Waals surface area contributed by atoms with Crippen LogP contribution in [-0.4, -0.2) is 32.1 Å². The predicted octanol–water partition coefficient (Wildman–Crippen LogP) is 3.79. The van der Waals surface area contributed by atoms with E-state index in [9.17, 15) is 9.59 Å². The van der Waals surface area contributed by atoms with Gasteiger partial charge in [0.05, 0.1) is 23.9 Å². The van der Waals surface area contributed by atoms with E-state index in [1.54, 1.807) is 50.4 Å². The third-order valence-electron chi connectivity index (χ3n) is 3.90. The summed E-state index contributed by atoms with van der Waals surface area (Å²) in [5.41, 5.74) is 1.28. The number of rotatable bonds is 5. The molecule has 140 valence electrons.